The van der Waals surface area contributed by atoms with Crippen molar-refractivity contribution in [1.82, 2.24) is 19.7 Å². The molecule has 16 heavy (non-hydrogen) atoms. The van der Waals surface area contributed by atoms with Gasteiger partial charge in [0, 0.05) is 25.0 Å². The molecule has 0 unspecified atom stereocenters. The van der Waals surface area contributed by atoms with E-state index in [1.165, 1.54) is 0 Å². The fourth-order valence-electron chi connectivity index (χ4n) is 1.97. The van der Waals surface area contributed by atoms with Gasteiger partial charge in [-0.05, 0) is 13.8 Å². The number of nitrogens with zero attached hydrogens (tertiary/aromatic N) is 3. The molecule has 0 saturated carbocycles. The number of hydrogen-bond donors (Lipinski definition) is 1. The zero-order valence-electron chi connectivity index (χ0n) is 10.4. The summed E-state index contributed by atoms with van der Waals surface area (Å²) in [7, 11) is 0. The first kappa shape index (κ1) is 11.4. The van der Waals surface area contributed by atoms with E-state index in [2.05, 4.69) is 24.3 Å². The minimum absolute atomic E-state index is 0.0326. The highest BCUT2D eigenvalue weighted by molar-refractivity contribution is 4.98. The van der Waals surface area contributed by atoms with E-state index in [1.807, 2.05) is 18.4 Å². The van der Waals surface area contributed by atoms with E-state index < -0.39 is 0 Å². The summed E-state index contributed by atoms with van der Waals surface area (Å²) >= 11 is 0. The fraction of sp³-hybridized carbons (Fsp3) is 0.818. The summed E-state index contributed by atoms with van der Waals surface area (Å²) in [6.45, 7) is 9.91. The van der Waals surface area contributed by atoms with Crippen LogP contribution in [-0.4, -0.2) is 27.4 Å². The van der Waals surface area contributed by atoms with E-state index in [1.54, 1.807) is 4.68 Å². The Kier molecular flexibility index (Phi) is 2.88. The molecule has 1 aliphatic heterocycles. The van der Waals surface area contributed by atoms with Crippen molar-refractivity contribution < 1.29 is 0 Å². The number of nitrogens with one attached hydrogen (secondary N) is 1. The van der Waals surface area contributed by atoms with Crippen molar-refractivity contribution in [2.24, 2.45) is 0 Å². The average molecular weight is 224 g/mol. The van der Waals surface area contributed by atoms with Gasteiger partial charge in [-0.25, -0.2) is 9.48 Å². The maximum absolute atomic E-state index is 12.2. The van der Waals surface area contributed by atoms with E-state index in [0.29, 0.717) is 0 Å². The Balaban J connectivity index is 2.48. The zero-order valence-corrected chi connectivity index (χ0v) is 10.4. The largest absolute Gasteiger partial charge is 0.346 e. The molecular weight excluding hydrogens is 204 g/mol. The van der Waals surface area contributed by atoms with Gasteiger partial charge in [0.05, 0.1) is 6.04 Å². The Morgan fingerprint density at radius 1 is 1.31 bits per heavy atom. The number of aromatic nitrogens is 3. The highest BCUT2D eigenvalue weighted by Gasteiger charge is 2.26. The molecule has 5 heteroatoms. The second-order valence-corrected chi connectivity index (χ2v) is 5.02. The van der Waals surface area contributed by atoms with Crippen LogP contribution in [0.3, 0.4) is 0 Å². The molecule has 2 rings (SSSR count). The molecule has 1 fully saturated rings. The zero-order chi connectivity index (χ0) is 11.9. The minimum atomic E-state index is 0.0326. The maximum Gasteiger partial charge on any atom is 0.346 e. The van der Waals surface area contributed by atoms with Gasteiger partial charge in [0.2, 0.25) is 0 Å². The van der Waals surface area contributed by atoms with Crippen LogP contribution in [0.4, 0.5) is 0 Å². The van der Waals surface area contributed by atoms with Crippen LogP contribution in [0.15, 0.2) is 4.79 Å². The molecule has 0 radical (unpaired) electrons. The van der Waals surface area contributed by atoms with Crippen LogP contribution in [-0.2, 0) is 0 Å². The van der Waals surface area contributed by atoms with Crippen molar-refractivity contribution in [3.05, 3.63) is 16.3 Å². The summed E-state index contributed by atoms with van der Waals surface area (Å²) in [5.74, 6) is 1.18. The SMILES string of the molecule is CC(C)c1nn(C2CNC2)c(=O)n1C(C)C. The highest BCUT2D eigenvalue weighted by Crippen LogP contribution is 2.16. The summed E-state index contributed by atoms with van der Waals surface area (Å²) in [5, 5.41) is 7.64. The lowest BCUT2D eigenvalue weighted by atomic mass is 10.2. The van der Waals surface area contributed by atoms with Crippen LogP contribution in [0, 0.1) is 0 Å². The van der Waals surface area contributed by atoms with Gasteiger partial charge >= 0.3 is 5.69 Å². The smallest absolute Gasteiger partial charge is 0.312 e. The Morgan fingerprint density at radius 3 is 2.25 bits per heavy atom. The third kappa shape index (κ3) is 1.69. The minimum Gasteiger partial charge on any atom is -0.312 e. The predicted molar refractivity (Wildman–Crippen MR) is 62.9 cm³/mol. The lowest BCUT2D eigenvalue weighted by Gasteiger charge is -2.26. The molecule has 0 atom stereocenters. The molecule has 0 aromatic carbocycles. The van der Waals surface area contributed by atoms with Crippen molar-refractivity contribution in [2.45, 2.75) is 45.7 Å². The van der Waals surface area contributed by atoms with Gasteiger partial charge in [-0.3, -0.25) is 4.57 Å². The molecule has 1 aliphatic rings. The Bertz CT molecular complexity index is 426. The lowest BCUT2D eigenvalue weighted by Crippen LogP contribution is -2.47. The van der Waals surface area contributed by atoms with Crippen molar-refractivity contribution in [1.29, 1.82) is 0 Å². The van der Waals surface area contributed by atoms with Gasteiger partial charge in [-0.1, -0.05) is 13.8 Å². The molecule has 2 heterocycles. The van der Waals surface area contributed by atoms with E-state index in [9.17, 15) is 4.79 Å². The molecular formula is C11H20N4O. The molecule has 1 aromatic rings. The first-order valence-corrected chi connectivity index (χ1v) is 5.94. The molecule has 90 valence electrons. The standard InChI is InChI=1S/C11H20N4O/c1-7(2)10-13-15(9-5-12-6-9)11(16)14(10)8(3)4/h7-9,12H,5-6H2,1-4H3. The highest BCUT2D eigenvalue weighted by atomic mass is 16.2. The van der Waals surface area contributed by atoms with Crippen LogP contribution < -0.4 is 11.0 Å². The van der Waals surface area contributed by atoms with Crippen molar-refractivity contribution >= 4 is 0 Å². The van der Waals surface area contributed by atoms with Crippen molar-refractivity contribution in [3.8, 4) is 0 Å². The second-order valence-electron chi connectivity index (χ2n) is 5.02. The quantitative estimate of drug-likeness (QED) is 0.829. The normalized spacial score (nSPS) is 17.1. The summed E-state index contributed by atoms with van der Waals surface area (Å²) in [5.41, 5.74) is 0.0326. The molecule has 1 aromatic heterocycles. The molecule has 5 nitrogen and oxygen atoms in total. The van der Waals surface area contributed by atoms with Crippen LogP contribution in [0.5, 0.6) is 0 Å². The molecule has 0 bridgehead atoms. The average Bonchev–Trinajstić information content (AvgIpc) is 2.41. The fourth-order valence-corrected chi connectivity index (χ4v) is 1.97. The first-order valence-electron chi connectivity index (χ1n) is 5.94. The Hall–Kier alpha value is -1.10. The molecule has 1 saturated heterocycles. The first-order chi connectivity index (χ1) is 7.52. The van der Waals surface area contributed by atoms with Crippen LogP contribution in [0.25, 0.3) is 0 Å². The maximum atomic E-state index is 12.2. The molecule has 0 amide bonds. The number of hydrogen-bond acceptors (Lipinski definition) is 3. The van der Waals surface area contributed by atoms with Gasteiger partial charge in [0.25, 0.3) is 0 Å². The van der Waals surface area contributed by atoms with Crippen molar-refractivity contribution in [3.63, 3.8) is 0 Å². The topological polar surface area (TPSA) is 51.9 Å². The van der Waals surface area contributed by atoms with E-state index in [0.717, 1.165) is 18.9 Å². The van der Waals surface area contributed by atoms with E-state index in [-0.39, 0.29) is 23.7 Å². The van der Waals surface area contributed by atoms with Gasteiger partial charge in [0.15, 0.2) is 0 Å². The third-order valence-corrected chi connectivity index (χ3v) is 3.00. The van der Waals surface area contributed by atoms with Gasteiger partial charge < -0.3 is 5.32 Å². The van der Waals surface area contributed by atoms with Gasteiger partial charge in [-0.2, -0.15) is 5.10 Å². The van der Waals surface area contributed by atoms with E-state index >= 15 is 0 Å². The summed E-state index contributed by atoms with van der Waals surface area (Å²) in [6.07, 6.45) is 0. The second kappa shape index (κ2) is 4.05. The van der Waals surface area contributed by atoms with Gasteiger partial charge in [0.1, 0.15) is 5.82 Å². The monoisotopic (exact) mass is 224 g/mol. The third-order valence-electron chi connectivity index (χ3n) is 3.00. The molecule has 0 aliphatic carbocycles. The molecule has 0 spiro atoms. The Labute approximate surface area is 95.5 Å². The Morgan fingerprint density at radius 2 is 1.94 bits per heavy atom. The lowest BCUT2D eigenvalue weighted by molar-refractivity contribution is 0.307. The van der Waals surface area contributed by atoms with Crippen molar-refractivity contribution in [2.75, 3.05) is 13.1 Å². The summed E-state index contributed by atoms with van der Waals surface area (Å²) in [4.78, 5) is 12.2. The van der Waals surface area contributed by atoms with Crippen LogP contribution in [0.2, 0.25) is 0 Å². The van der Waals surface area contributed by atoms with Gasteiger partial charge in [-0.15, -0.1) is 0 Å². The number of rotatable bonds is 3. The van der Waals surface area contributed by atoms with E-state index in [4.69, 9.17) is 0 Å². The van der Waals surface area contributed by atoms with Crippen LogP contribution >= 0.6 is 0 Å². The summed E-state index contributed by atoms with van der Waals surface area (Å²) < 4.78 is 3.45. The molecule has 1 N–H and O–H groups in total. The predicted octanol–water partition coefficient (Wildman–Crippen LogP) is 0.893. The summed E-state index contributed by atoms with van der Waals surface area (Å²) in [6, 6.07) is 0.414. The van der Waals surface area contributed by atoms with Crippen LogP contribution in [0.1, 0.15) is 51.5 Å².